The summed E-state index contributed by atoms with van der Waals surface area (Å²) in [6.07, 6.45) is 6.31. The lowest BCUT2D eigenvalue weighted by Gasteiger charge is -2.41. The van der Waals surface area contributed by atoms with Crippen LogP contribution in [0.2, 0.25) is 0 Å². The highest BCUT2D eigenvalue weighted by molar-refractivity contribution is 5.88. The quantitative estimate of drug-likeness (QED) is 0.419. The van der Waals surface area contributed by atoms with Gasteiger partial charge in [0.2, 0.25) is 12.7 Å². The van der Waals surface area contributed by atoms with Crippen molar-refractivity contribution in [1.82, 2.24) is 35.5 Å². The van der Waals surface area contributed by atoms with Crippen molar-refractivity contribution in [2.45, 2.75) is 25.8 Å². The number of nitrogens with one attached hydrogen (secondary N) is 3. The van der Waals surface area contributed by atoms with Crippen LogP contribution >= 0.6 is 0 Å². The van der Waals surface area contributed by atoms with E-state index in [1.807, 2.05) is 36.1 Å². The van der Waals surface area contributed by atoms with Gasteiger partial charge in [0.05, 0.1) is 0 Å². The molecule has 1 fully saturated rings. The minimum Gasteiger partial charge on any atom is -0.454 e. The second-order valence-electron chi connectivity index (χ2n) is 8.82. The SMILES string of the molecule is CCCNC(=O)N1CCN(c2cc(-c3ncc[nH]3)ncn2)CC1C(=O)NCCc1ccc2c(c1)OCO2. The molecule has 2 aliphatic rings. The zero-order valence-corrected chi connectivity index (χ0v) is 20.6. The van der Waals surface area contributed by atoms with Gasteiger partial charge in [-0.3, -0.25) is 4.79 Å². The topological polar surface area (TPSA) is 138 Å². The highest BCUT2D eigenvalue weighted by Crippen LogP contribution is 2.32. The number of aromatic amines is 1. The number of carbonyl (C=O) groups is 2. The predicted octanol–water partition coefficient (Wildman–Crippen LogP) is 1.56. The van der Waals surface area contributed by atoms with Crippen molar-refractivity contribution in [3.63, 3.8) is 0 Å². The molecule has 0 saturated carbocycles. The van der Waals surface area contributed by atoms with Crippen molar-refractivity contribution < 1.29 is 19.1 Å². The monoisotopic (exact) mass is 506 g/mol. The van der Waals surface area contributed by atoms with Gasteiger partial charge >= 0.3 is 6.03 Å². The van der Waals surface area contributed by atoms with Crippen LogP contribution in [0.25, 0.3) is 11.5 Å². The summed E-state index contributed by atoms with van der Waals surface area (Å²) in [5.41, 5.74) is 1.68. The Morgan fingerprint density at radius 3 is 2.81 bits per heavy atom. The first-order valence-corrected chi connectivity index (χ1v) is 12.4. The average Bonchev–Trinajstić information content (AvgIpc) is 3.64. The van der Waals surface area contributed by atoms with Crippen LogP contribution in [-0.2, 0) is 11.2 Å². The van der Waals surface area contributed by atoms with Crippen LogP contribution in [0.5, 0.6) is 11.5 Å². The number of aromatic nitrogens is 4. The van der Waals surface area contributed by atoms with Crippen LogP contribution in [-0.4, -0.2) is 82.3 Å². The molecule has 1 aromatic carbocycles. The first-order valence-electron chi connectivity index (χ1n) is 12.4. The molecule has 1 atom stereocenters. The number of anilines is 1. The molecule has 2 aromatic heterocycles. The maximum atomic E-state index is 13.3. The van der Waals surface area contributed by atoms with Crippen LogP contribution in [0.4, 0.5) is 10.6 Å². The molecule has 5 rings (SSSR count). The Hall–Kier alpha value is -4.35. The maximum absolute atomic E-state index is 13.3. The number of rotatable bonds is 8. The third kappa shape index (κ3) is 5.57. The fraction of sp³-hybridized carbons (Fsp3) is 0.400. The van der Waals surface area contributed by atoms with E-state index in [-0.39, 0.29) is 18.7 Å². The van der Waals surface area contributed by atoms with Gasteiger partial charge < -0.3 is 34.9 Å². The number of imidazole rings is 1. The fourth-order valence-corrected chi connectivity index (χ4v) is 4.39. The molecule has 194 valence electrons. The molecule has 0 radical (unpaired) electrons. The lowest BCUT2D eigenvalue weighted by atomic mass is 10.1. The number of piperazine rings is 1. The molecule has 0 aliphatic carbocycles. The Morgan fingerprint density at radius 1 is 1.08 bits per heavy atom. The number of hydrogen-bond donors (Lipinski definition) is 3. The fourth-order valence-electron chi connectivity index (χ4n) is 4.39. The van der Waals surface area contributed by atoms with Crippen molar-refractivity contribution in [1.29, 1.82) is 0 Å². The molecule has 37 heavy (non-hydrogen) atoms. The number of ether oxygens (including phenoxy) is 2. The number of urea groups is 1. The number of hydrogen-bond acceptors (Lipinski definition) is 8. The number of nitrogens with zero attached hydrogens (tertiary/aromatic N) is 5. The van der Waals surface area contributed by atoms with Gasteiger partial charge in [0, 0.05) is 51.2 Å². The molecule has 1 saturated heterocycles. The van der Waals surface area contributed by atoms with Crippen molar-refractivity contribution >= 4 is 17.8 Å². The van der Waals surface area contributed by atoms with Crippen molar-refractivity contribution in [3.05, 3.63) is 48.5 Å². The van der Waals surface area contributed by atoms with Crippen LogP contribution in [0.3, 0.4) is 0 Å². The molecule has 0 spiro atoms. The largest absolute Gasteiger partial charge is 0.454 e. The van der Waals surface area contributed by atoms with E-state index in [4.69, 9.17) is 9.47 Å². The second-order valence-corrected chi connectivity index (χ2v) is 8.82. The van der Waals surface area contributed by atoms with Crippen LogP contribution in [0.1, 0.15) is 18.9 Å². The van der Waals surface area contributed by atoms with Crippen LogP contribution in [0, 0.1) is 0 Å². The lowest BCUT2D eigenvalue weighted by Crippen LogP contribution is -2.62. The molecule has 12 heteroatoms. The zero-order valence-electron chi connectivity index (χ0n) is 20.6. The van der Waals surface area contributed by atoms with E-state index < -0.39 is 6.04 Å². The third-order valence-electron chi connectivity index (χ3n) is 6.34. The van der Waals surface area contributed by atoms with Gasteiger partial charge in [-0.05, 0) is 30.5 Å². The van der Waals surface area contributed by atoms with E-state index in [0.717, 1.165) is 17.7 Å². The first-order chi connectivity index (χ1) is 18.1. The standard InChI is InChI=1S/C25H30N8O4/c1-2-6-29-25(35)33-11-10-32(22-13-18(30-15-31-22)23-26-8-9-27-23)14-19(33)24(34)28-7-5-17-3-4-20-21(12-17)37-16-36-20/h3-4,8-9,12-13,15,19H,2,5-7,10-11,14,16H2,1H3,(H,26,27)(H,28,34)(H,29,35). The van der Waals surface area contributed by atoms with Crippen molar-refractivity contribution in [3.8, 4) is 23.0 Å². The average molecular weight is 507 g/mol. The second kappa shape index (κ2) is 11.1. The molecular weight excluding hydrogens is 476 g/mol. The van der Waals surface area contributed by atoms with Gasteiger partial charge in [0.1, 0.15) is 23.9 Å². The molecule has 0 bridgehead atoms. The molecule has 1 unspecified atom stereocenters. The summed E-state index contributed by atoms with van der Waals surface area (Å²) in [6.45, 7) is 4.42. The van der Waals surface area contributed by atoms with E-state index in [1.165, 1.54) is 6.33 Å². The van der Waals surface area contributed by atoms with E-state index >= 15 is 0 Å². The van der Waals surface area contributed by atoms with Crippen LogP contribution in [0.15, 0.2) is 43.0 Å². The Kier molecular flexibility index (Phi) is 7.33. The number of carbonyl (C=O) groups excluding carboxylic acids is 2. The van der Waals surface area contributed by atoms with Gasteiger partial charge in [-0.25, -0.2) is 19.7 Å². The Bertz CT molecular complexity index is 1240. The van der Waals surface area contributed by atoms with E-state index in [9.17, 15) is 9.59 Å². The molecule has 3 aromatic rings. The van der Waals surface area contributed by atoms with Gasteiger partial charge in [-0.15, -0.1) is 0 Å². The smallest absolute Gasteiger partial charge is 0.318 e. The normalized spacial score (nSPS) is 16.5. The summed E-state index contributed by atoms with van der Waals surface area (Å²) in [5.74, 6) is 2.54. The van der Waals surface area contributed by atoms with E-state index in [1.54, 1.807) is 17.3 Å². The number of amides is 3. The summed E-state index contributed by atoms with van der Waals surface area (Å²) < 4.78 is 10.8. The Labute approximate surface area is 214 Å². The van der Waals surface area contributed by atoms with E-state index in [2.05, 4.69) is 30.6 Å². The third-order valence-corrected chi connectivity index (χ3v) is 6.34. The maximum Gasteiger partial charge on any atom is 0.318 e. The minimum absolute atomic E-state index is 0.211. The summed E-state index contributed by atoms with van der Waals surface area (Å²) in [4.78, 5) is 45.8. The zero-order chi connectivity index (χ0) is 25.6. The van der Waals surface area contributed by atoms with Gasteiger partial charge in [0.15, 0.2) is 17.3 Å². The molecule has 3 N–H and O–H groups in total. The number of benzene rings is 1. The predicted molar refractivity (Wildman–Crippen MR) is 135 cm³/mol. The van der Waals surface area contributed by atoms with Crippen molar-refractivity contribution in [2.24, 2.45) is 0 Å². The summed E-state index contributed by atoms with van der Waals surface area (Å²) in [6, 6.07) is 6.67. The molecular formula is C25H30N8O4. The summed E-state index contributed by atoms with van der Waals surface area (Å²) in [7, 11) is 0. The van der Waals surface area contributed by atoms with Crippen LogP contribution < -0.4 is 25.0 Å². The summed E-state index contributed by atoms with van der Waals surface area (Å²) >= 11 is 0. The first kappa shape index (κ1) is 24.3. The van der Waals surface area contributed by atoms with Gasteiger partial charge in [0.25, 0.3) is 0 Å². The Balaban J connectivity index is 1.27. The highest BCUT2D eigenvalue weighted by Gasteiger charge is 2.36. The molecule has 3 amide bonds. The van der Waals surface area contributed by atoms with Gasteiger partial charge in [-0.2, -0.15) is 0 Å². The summed E-state index contributed by atoms with van der Waals surface area (Å²) in [5, 5.41) is 5.91. The lowest BCUT2D eigenvalue weighted by molar-refractivity contribution is -0.125. The molecule has 4 heterocycles. The number of H-pyrrole nitrogens is 1. The van der Waals surface area contributed by atoms with Crippen molar-refractivity contribution in [2.75, 3.05) is 44.4 Å². The molecule has 2 aliphatic heterocycles. The highest BCUT2D eigenvalue weighted by atomic mass is 16.7. The number of fused-ring (bicyclic) bond motifs is 1. The minimum atomic E-state index is -0.676. The molecule has 12 nitrogen and oxygen atoms in total. The van der Waals surface area contributed by atoms with E-state index in [0.29, 0.717) is 62.2 Å². The van der Waals surface area contributed by atoms with Gasteiger partial charge in [-0.1, -0.05) is 13.0 Å². The Morgan fingerprint density at radius 2 is 1.97 bits per heavy atom.